The second-order valence-electron chi connectivity index (χ2n) is 4.10. The molecule has 0 heterocycles. The molecule has 1 rings (SSSR count). The lowest BCUT2D eigenvalue weighted by Crippen LogP contribution is -2.25. The Morgan fingerprint density at radius 2 is 1.89 bits per heavy atom. The zero-order valence-electron chi connectivity index (χ0n) is 10.4. The minimum absolute atomic E-state index is 0.00559. The number of nitro benzene ring substituents is 1. The monoisotopic (exact) mass is 255 g/mol. The third-order valence-electron chi connectivity index (χ3n) is 2.11. The molecule has 1 aromatic carbocycles. The number of hydrogen-bond donors (Lipinski definition) is 1. The molecular weight excluding hydrogens is 238 g/mol. The van der Waals surface area contributed by atoms with Gasteiger partial charge in [-0.3, -0.25) is 10.1 Å². The maximum Gasteiger partial charge on any atom is 0.269 e. The number of nitrogens with zero attached hydrogens (tertiary/aromatic N) is 1. The maximum absolute atomic E-state index is 10.4. The highest BCUT2D eigenvalue weighted by atomic mass is 16.6. The number of aliphatic hydroxyl groups is 1. The Labute approximate surface area is 105 Å². The summed E-state index contributed by atoms with van der Waals surface area (Å²) in [5, 5.41) is 20.0. The van der Waals surface area contributed by atoms with E-state index in [4.69, 9.17) is 9.47 Å². The molecule has 6 heteroatoms. The van der Waals surface area contributed by atoms with Crippen LogP contribution in [0.1, 0.15) is 13.8 Å². The molecule has 1 aromatic rings. The molecule has 0 aliphatic carbocycles. The number of nitro groups is 1. The van der Waals surface area contributed by atoms with E-state index in [9.17, 15) is 15.2 Å². The van der Waals surface area contributed by atoms with E-state index in [1.54, 1.807) is 0 Å². The van der Waals surface area contributed by atoms with Gasteiger partial charge in [0, 0.05) is 12.1 Å². The highest BCUT2D eigenvalue weighted by Gasteiger charge is 2.08. The van der Waals surface area contributed by atoms with E-state index < -0.39 is 11.0 Å². The Morgan fingerprint density at radius 1 is 1.28 bits per heavy atom. The molecule has 0 saturated heterocycles. The lowest BCUT2D eigenvalue weighted by atomic mass is 10.3. The Morgan fingerprint density at radius 3 is 2.39 bits per heavy atom. The van der Waals surface area contributed by atoms with Gasteiger partial charge < -0.3 is 14.6 Å². The Kier molecular flexibility index (Phi) is 5.54. The van der Waals surface area contributed by atoms with Gasteiger partial charge in [-0.1, -0.05) is 0 Å². The molecule has 6 nitrogen and oxygen atoms in total. The van der Waals surface area contributed by atoms with E-state index in [2.05, 4.69) is 0 Å². The fourth-order valence-corrected chi connectivity index (χ4v) is 1.21. The van der Waals surface area contributed by atoms with Gasteiger partial charge in [-0.15, -0.1) is 0 Å². The first-order valence-electron chi connectivity index (χ1n) is 5.66. The molecule has 100 valence electrons. The van der Waals surface area contributed by atoms with Crippen molar-refractivity contribution in [1.29, 1.82) is 0 Å². The number of non-ortho nitro benzene ring substituents is 1. The van der Waals surface area contributed by atoms with Crippen LogP contribution in [0.5, 0.6) is 5.75 Å². The summed E-state index contributed by atoms with van der Waals surface area (Å²) >= 11 is 0. The molecule has 0 bridgehead atoms. The number of aliphatic hydroxyl groups excluding tert-OH is 1. The predicted molar refractivity (Wildman–Crippen MR) is 65.7 cm³/mol. The highest BCUT2D eigenvalue weighted by Crippen LogP contribution is 2.17. The van der Waals surface area contributed by atoms with E-state index in [0.29, 0.717) is 5.75 Å². The van der Waals surface area contributed by atoms with Crippen LogP contribution in [0.3, 0.4) is 0 Å². The van der Waals surface area contributed by atoms with Crippen molar-refractivity contribution >= 4 is 5.69 Å². The SMILES string of the molecule is CC(C)OCC(O)COc1ccc([N+](=O)[O-])cc1. The summed E-state index contributed by atoms with van der Waals surface area (Å²) < 4.78 is 10.5. The van der Waals surface area contributed by atoms with Crippen molar-refractivity contribution < 1.29 is 19.5 Å². The van der Waals surface area contributed by atoms with Crippen LogP contribution < -0.4 is 4.74 Å². The maximum atomic E-state index is 10.4. The molecule has 0 fully saturated rings. The fraction of sp³-hybridized carbons (Fsp3) is 0.500. The summed E-state index contributed by atoms with van der Waals surface area (Å²) in [5.41, 5.74) is 0.00559. The summed E-state index contributed by atoms with van der Waals surface area (Å²) in [7, 11) is 0. The fourth-order valence-electron chi connectivity index (χ4n) is 1.21. The molecule has 1 unspecified atom stereocenters. The van der Waals surface area contributed by atoms with Crippen LogP contribution in [0.4, 0.5) is 5.69 Å². The zero-order valence-corrected chi connectivity index (χ0v) is 10.4. The first-order chi connectivity index (χ1) is 8.49. The summed E-state index contributed by atoms with van der Waals surface area (Å²) in [4.78, 5) is 9.96. The highest BCUT2D eigenvalue weighted by molar-refractivity contribution is 5.35. The van der Waals surface area contributed by atoms with Crippen molar-refractivity contribution in [1.82, 2.24) is 0 Å². The van der Waals surface area contributed by atoms with Crippen LogP contribution in [0.2, 0.25) is 0 Å². The van der Waals surface area contributed by atoms with Gasteiger partial charge in [0.15, 0.2) is 0 Å². The summed E-state index contributed by atoms with van der Waals surface area (Å²) in [6.45, 7) is 4.04. The lowest BCUT2D eigenvalue weighted by molar-refractivity contribution is -0.384. The normalized spacial score (nSPS) is 12.4. The van der Waals surface area contributed by atoms with Crippen LogP contribution in [-0.4, -0.2) is 35.5 Å². The van der Waals surface area contributed by atoms with Crippen molar-refractivity contribution in [3.63, 3.8) is 0 Å². The summed E-state index contributed by atoms with van der Waals surface area (Å²) in [6, 6.07) is 5.70. The van der Waals surface area contributed by atoms with Crippen molar-refractivity contribution in [2.45, 2.75) is 26.1 Å². The topological polar surface area (TPSA) is 81.8 Å². The van der Waals surface area contributed by atoms with Gasteiger partial charge in [-0.2, -0.15) is 0 Å². The van der Waals surface area contributed by atoms with Crippen molar-refractivity contribution in [2.75, 3.05) is 13.2 Å². The summed E-state index contributed by atoms with van der Waals surface area (Å²) in [6.07, 6.45) is -0.665. The van der Waals surface area contributed by atoms with Crippen molar-refractivity contribution in [3.05, 3.63) is 34.4 Å². The second kappa shape index (κ2) is 6.93. The number of rotatable bonds is 7. The number of hydrogen-bond acceptors (Lipinski definition) is 5. The van der Waals surface area contributed by atoms with E-state index in [-0.39, 0.29) is 25.0 Å². The van der Waals surface area contributed by atoms with Gasteiger partial charge in [0.25, 0.3) is 5.69 Å². The van der Waals surface area contributed by atoms with Gasteiger partial charge >= 0.3 is 0 Å². The summed E-state index contributed by atoms with van der Waals surface area (Å²) in [5.74, 6) is 0.476. The van der Waals surface area contributed by atoms with Gasteiger partial charge in [-0.25, -0.2) is 0 Å². The first kappa shape index (κ1) is 14.4. The van der Waals surface area contributed by atoms with E-state index in [1.807, 2.05) is 13.8 Å². The smallest absolute Gasteiger partial charge is 0.269 e. The molecule has 1 N–H and O–H groups in total. The third kappa shape index (κ3) is 5.11. The van der Waals surface area contributed by atoms with E-state index >= 15 is 0 Å². The van der Waals surface area contributed by atoms with Crippen LogP contribution in [0, 0.1) is 10.1 Å². The van der Waals surface area contributed by atoms with Gasteiger partial charge in [-0.05, 0) is 26.0 Å². The molecular formula is C12H17NO5. The van der Waals surface area contributed by atoms with E-state index in [1.165, 1.54) is 24.3 Å². The molecule has 0 aliphatic heterocycles. The average molecular weight is 255 g/mol. The first-order valence-corrected chi connectivity index (χ1v) is 5.66. The second-order valence-corrected chi connectivity index (χ2v) is 4.10. The quantitative estimate of drug-likeness (QED) is 0.593. The van der Waals surface area contributed by atoms with Gasteiger partial charge in [0.1, 0.15) is 18.5 Å². The minimum Gasteiger partial charge on any atom is -0.491 e. The zero-order chi connectivity index (χ0) is 13.5. The molecule has 0 amide bonds. The molecule has 0 spiro atoms. The number of ether oxygens (including phenoxy) is 2. The van der Waals surface area contributed by atoms with Crippen LogP contribution in [0.25, 0.3) is 0 Å². The number of benzene rings is 1. The van der Waals surface area contributed by atoms with Crippen molar-refractivity contribution in [2.24, 2.45) is 0 Å². The van der Waals surface area contributed by atoms with Gasteiger partial charge in [0.2, 0.25) is 0 Å². The Balaban J connectivity index is 2.36. The average Bonchev–Trinajstić information content (AvgIpc) is 2.34. The molecule has 0 aromatic heterocycles. The molecule has 0 aliphatic rings. The van der Waals surface area contributed by atoms with Crippen LogP contribution in [0.15, 0.2) is 24.3 Å². The minimum atomic E-state index is -0.720. The lowest BCUT2D eigenvalue weighted by Gasteiger charge is -2.14. The largest absolute Gasteiger partial charge is 0.491 e. The van der Waals surface area contributed by atoms with Crippen molar-refractivity contribution in [3.8, 4) is 5.75 Å². The molecule has 0 saturated carbocycles. The molecule has 18 heavy (non-hydrogen) atoms. The van der Waals surface area contributed by atoms with E-state index in [0.717, 1.165) is 0 Å². The van der Waals surface area contributed by atoms with Crippen LogP contribution >= 0.6 is 0 Å². The third-order valence-corrected chi connectivity index (χ3v) is 2.11. The molecule has 0 radical (unpaired) electrons. The van der Waals surface area contributed by atoms with Gasteiger partial charge in [0.05, 0.1) is 17.6 Å². The molecule has 1 atom stereocenters. The predicted octanol–water partition coefficient (Wildman–Crippen LogP) is 1.76. The standard InChI is InChI=1S/C12H17NO5/c1-9(2)17-7-11(14)8-18-12-5-3-10(4-6-12)13(15)16/h3-6,9,11,14H,7-8H2,1-2H3. The Hall–Kier alpha value is -1.66. The Bertz CT molecular complexity index is 377. The van der Waals surface area contributed by atoms with Crippen LogP contribution in [-0.2, 0) is 4.74 Å².